The first-order valence-electron chi connectivity index (χ1n) is 3.70. The number of rotatable bonds is 2. The fourth-order valence-corrected chi connectivity index (χ4v) is 0.956. The Morgan fingerprint density at radius 2 is 1.64 bits per heavy atom. The second kappa shape index (κ2) is 5.19. The molecule has 0 saturated heterocycles. The van der Waals surface area contributed by atoms with Gasteiger partial charge >= 0.3 is 6.18 Å². The fraction of sp³-hybridized carbons (Fsp3) is 0.250. The molecule has 0 spiro atoms. The van der Waals surface area contributed by atoms with Gasteiger partial charge in [-0.15, -0.1) is 0 Å². The molecule has 14 heavy (non-hydrogen) atoms. The summed E-state index contributed by atoms with van der Waals surface area (Å²) >= 11 is 0. The Labute approximate surface area is 85.7 Å². The molecule has 80 valence electrons. The van der Waals surface area contributed by atoms with Gasteiger partial charge in [0.2, 0.25) is 0 Å². The first-order valence-corrected chi connectivity index (χ1v) is 3.70. The predicted octanol–water partition coefficient (Wildman–Crippen LogP) is -2.04. The lowest BCUT2D eigenvalue weighted by molar-refractivity contribution is -0.446. The molecule has 0 saturated carbocycles. The monoisotopic (exact) mass is 226 g/mol. The third-order valence-corrected chi connectivity index (χ3v) is 1.61. The quantitative estimate of drug-likeness (QED) is 0.561. The Hall–Kier alpha value is -0.780. The Kier molecular flexibility index (Phi) is 4.90. The average Bonchev–Trinajstić information content (AvgIpc) is 2.04. The van der Waals surface area contributed by atoms with Crippen LogP contribution in [0.4, 0.5) is 13.2 Å². The van der Waals surface area contributed by atoms with Gasteiger partial charge in [0.1, 0.15) is 0 Å². The molecule has 0 unspecified atom stereocenters. The zero-order chi connectivity index (χ0) is 9.90. The molecule has 0 radical (unpaired) electrons. The van der Waals surface area contributed by atoms with Crippen molar-refractivity contribution in [2.24, 2.45) is 0 Å². The topological polar surface area (TPSA) is 39.7 Å². The first-order chi connectivity index (χ1) is 6.04. The molecule has 0 atom stereocenters. The third kappa shape index (κ3) is 3.53. The maximum atomic E-state index is 12.1. The molecule has 2 nitrogen and oxygen atoms in total. The number of hydrogen-bond donors (Lipinski definition) is 2. The smallest absolute Gasteiger partial charge is 0.416 e. The van der Waals surface area contributed by atoms with Crippen LogP contribution in [-0.4, -0.2) is 0 Å². The van der Waals surface area contributed by atoms with Crippen LogP contribution in [-0.2, 0) is 12.7 Å². The van der Waals surface area contributed by atoms with Crippen molar-refractivity contribution in [3.05, 3.63) is 35.4 Å². The molecule has 0 fully saturated rings. The Morgan fingerprint density at radius 1 is 1.14 bits per heavy atom. The Morgan fingerprint density at radius 3 is 2.00 bits per heavy atom. The summed E-state index contributed by atoms with van der Waals surface area (Å²) in [6.07, 6.45) is -4.25. The summed E-state index contributed by atoms with van der Waals surface area (Å²) in [5.41, 5.74) is 2.77. The van der Waals surface area contributed by atoms with Gasteiger partial charge in [-0.3, -0.25) is 5.84 Å². The Balaban J connectivity index is 0.00000169. The van der Waals surface area contributed by atoms with E-state index in [0.717, 1.165) is 17.7 Å². The van der Waals surface area contributed by atoms with Gasteiger partial charge in [0.05, 0.1) is 12.1 Å². The van der Waals surface area contributed by atoms with Crippen molar-refractivity contribution in [2.75, 3.05) is 0 Å². The van der Waals surface area contributed by atoms with E-state index in [1.165, 1.54) is 12.1 Å². The normalized spacial score (nSPS) is 10.9. The molecule has 6 heteroatoms. The minimum absolute atomic E-state index is 0. The lowest BCUT2D eigenvalue weighted by Gasteiger charge is -2.06. The third-order valence-electron chi connectivity index (χ3n) is 1.61. The summed E-state index contributed by atoms with van der Waals surface area (Å²) in [5.74, 6) is 3.38. The van der Waals surface area contributed by atoms with Crippen LogP contribution in [0.5, 0.6) is 0 Å². The van der Waals surface area contributed by atoms with Gasteiger partial charge < -0.3 is 12.4 Å². The molecular formula is C8H10ClF3N2. The number of benzene rings is 1. The van der Waals surface area contributed by atoms with Crippen molar-refractivity contribution >= 4 is 0 Å². The van der Waals surface area contributed by atoms with E-state index in [1.54, 1.807) is 0 Å². The van der Waals surface area contributed by atoms with Gasteiger partial charge in [-0.2, -0.15) is 18.6 Å². The van der Waals surface area contributed by atoms with Crippen LogP contribution in [0.1, 0.15) is 11.1 Å². The number of hydrogen-bond acceptors (Lipinski definition) is 1. The van der Waals surface area contributed by atoms with Gasteiger partial charge in [-0.25, -0.2) is 0 Å². The molecule has 0 aromatic heterocycles. The highest BCUT2D eigenvalue weighted by atomic mass is 35.5. The number of halogens is 4. The zero-order valence-corrected chi connectivity index (χ0v) is 7.99. The summed E-state index contributed by atoms with van der Waals surface area (Å²) in [4.78, 5) is 0. The Bertz CT molecular complexity index is 271. The second-order valence-corrected chi connectivity index (χ2v) is 2.62. The molecule has 0 heterocycles. The summed E-state index contributed by atoms with van der Waals surface area (Å²) in [7, 11) is 0. The van der Waals surface area contributed by atoms with Gasteiger partial charge in [0.15, 0.2) is 0 Å². The highest BCUT2D eigenvalue weighted by Gasteiger charge is 2.29. The molecule has 0 aliphatic heterocycles. The minimum Gasteiger partial charge on any atom is -1.00 e. The van der Waals surface area contributed by atoms with Crippen molar-refractivity contribution < 1.29 is 31.4 Å². The highest BCUT2D eigenvalue weighted by Crippen LogP contribution is 2.28. The average molecular weight is 227 g/mol. The lowest BCUT2D eigenvalue weighted by atomic mass is 10.1. The second-order valence-electron chi connectivity index (χ2n) is 2.62. The number of nitrogens with one attached hydrogen (secondary N) is 1. The van der Waals surface area contributed by atoms with E-state index in [9.17, 15) is 13.2 Å². The standard InChI is InChI=1S/C8H9F3N2.ClH/c9-8(10,11)7-3-1-6(2-4-7)5-13-12;/h1-4,13H,5,12H2;1H. The van der Waals surface area contributed by atoms with Crippen molar-refractivity contribution in [1.29, 1.82) is 0 Å². The van der Waals surface area contributed by atoms with Gasteiger partial charge in [0, 0.05) is 0 Å². The molecule has 1 aromatic rings. The van der Waals surface area contributed by atoms with Crippen molar-refractivity contribution in [2.45, 2.75) is 12.7 Å². The van der Waals surface area contributed by atoms with Gasteiger partial charge in [-0.05, 0) is 17.7 Å². The molecule has 4 N–H and O–H groups in total. The molecule has 0 aliphatic rings. The van der Waals surface area contributed by atoms with Crippen LogP contribution in [0.2, 0.25) is 0 Å². The van der Waals surface area contributed by atoms with Crippen molar-refractivity contribution in [1.82, 2.24) is 5.43 Å². The minimum atomic E-state index is -4.25. The van der Waals surface area contributed by atoms with E-state index >= 15 is 0 Å². The molecule has 0 amide bonds. The van der Waals surface area contributed by atoms with E-state index in [-0.39, 0.29) is 12.4 Å². The number of alkyl halides is 3. The van der Waals surface area contributed by atoms with Crippen LogP contribution in [0, 0.1) is 0 Å². The largest absolute Gasteiger partial charge is 1.00 e. The SMILES string of the molecule is [Cl-].[NH3+]NCc1ccc(C(F)(F)F)cc1. The van der Waals surface area contributed by atoms with Crippen molar-refractivity contribution in [3.63, 3.8) is 0 Å². The summed E-state index contributed by atoms with van der Waals surface area (Å²) in [5, 5.41) is 0. The maximum Gasteiger partial charge on any atom is 0.416 e. The molecule has 1 aromatic carbocycles. The molecule has 0 aliphatic carbocycles. The van der Waals surface area contributed by atoms with Crippen LogP contribution >= 0.6 is 0 Å². The van der Waals surface area contributed by atoms with E-state index < -0.39 is 11.7 Å². The predicted molar refractivity (Wildman–Crippen MR) is 41.2 cm³/mol. The molecular weight excluding hydrogens is 217 g/mol. The van der Waals surface area contributed by atoms with Crippen molar-refractivity contribution in [3.8, 4) is 0 Å². The van der Waals surface area contributed by atoms with Crippen LogP contribution < -0.4 is 23.7 Å². The highest BCUT2D eigenvalue weighted by molar-refractivity contribution is 5.24. The first kappa shape index (κ1) is 13.2. The van der Waals surface area contributed by atoms with Gasteiger partial charge in [-0.1, -0.05) is 12.1 Å². The summed E-state index contributed by atoms with van der Waals surface area (Å²) in [6, 6.07) is 4.99. The van der Waals surface area contributed by atoms with E-state index in [1.807, 2.05) is 0 Å². The lowest BCUT2D eigenvalue weighted by Crippen LogP contribution is -3.00. The molecule has 0 bridgehead atoms. The van der Waals surface area contributed by atoms with Crippen LogP contribution in [0.15, 0.2) is 24.3 Å². The van der Waals surface area contributed by atoms with E-state index in [0.29, 0.717) is 6.54 Å². The van der Waals surface area contributed by atoms with Gasteiger partial charge in [0.25, 0.3) is 0 Å². The van der Waals surface area contributed by atoms with E-state index in [4.69, 9.17) is 0 Å². The van der Waals surface area contributed by atoms with Crippen LogP contribution in [0.25, 0.3) is 0 Å². The summed E-state index contributed by atoms with van der Waals surface area (Å²) in [6.45, 7) is 0.470. The maximum absolute atomic E-state index is 12.1. The summed E-state index contributed by atoms with van der Waals surface area (Å²) < 4.78 is 36.2. The zero-order valence-electron chi connectivity index (χ0n) is 7.24. The fourth-order valence-electron chi connectivity index (χ4n) is 0.956. The number of quaternary nitrogens is 1. The molecule has 1 rings (SSSR count). The van der Waals surface area contributed by atoms with E-state index in [2.05, 4.69) is 11.3 Å². The van der Waals surface area contributed by atoms with Crippen LogP contribution in [0.3, 0.4) is 0 Å².